The number of aliphatic hydroxyl groups is 1. The monoisotopic (exact) mass is 720 g/mol. The van der Waals surface area contributed by atoms with Crippen molar-refractivity contribution in [3.63, 3.8) is 0 Å². The first kappa shape index (κ1) is 32.1. The van der Waals surface area contributed by atoms with E-state index in [0.29, 0.717) is 36.9 Å². The van der Waals surface area contributed by atoms with Crippen LogP contribution in [0.15, 0.2) is 72.8 Å². The highest BCUT2D eigenvalue weighted by Gasteiger charge is 2.20. The highest BCUT2D eigenvalue weighted by atomic mass is 127. The standard InChI is InChI=1S/C35H33IN2O7/c1-22-13-28(18-38-30(19-39)35(40)45-36)33(43-20-25-6-3-5-24(14-25)17-37)16-32(22)44-21-27-7-4-8-29(23(27)2)26-9-10-31-34(15-26)42-12-11-41-31/h3-10,13-16,30,38-39H,11-12,18-21H2,1-2H3/t30-/m1/s1. The van der Waals surface area contributed by atoms with E-state index in [0.717, 1.165) is 50.4 Å². The van der Waals surface area contributed by atoms with Crippen molar-refractivity contribution in [3.8, 4) is 40.2 Å². The topological polar surface area (TPSA) is 119 Å². The Morgan fingerprint density at radius 2 is 1.73 bits per heavy atom. The van der Waals surface area contributed by atoms with Crippen LogP contribution in [0, 0.1) is 25.2 Å². The Balaban J connectivity index is 1.37. The maximum absolute atomic E-state index is 12.0. The highest BCUT2D eigenvalue weighted by Crippen LogP contribution is 2.37. The normalized spacial score (nSPS) is 12.6. The van der Waals surface area contributed by atoms with Gasteiger partial charge in [-0.25, -0.2) is 4.79 Å². The molecule has 0 saturated carbocycles. The van der Waals surface area contributed by atoms with Crippen LogP contribution in [-0.2, 0) is 27.6 Å². The Bertz CT molecular complexity index is 1720. The first-order valence-electron chi connectivity index (χ1n) is 14.4. The number of nitrogens with one attached hydrogen (secondary N) is 1. The van der Waals surface area contributed by atoms with Gasteiger partial charge in [-0.2, -0.15) is 5.26 Å². The number of hydrogen-bond donors (Lipinski definition) is 2. The van der Waals surface area contributed by atoms with Gasteiger partial charge in [-0.1, -0.05) is 36.4 Å². The molecule has 0 aliphatic carbocycles. The second-order valence-corrected chi connectivity index (χ2v) is 11.0. The van der Waals surface area contributed by atoms with Crippen molar-refractivity contribution in [2.24, 2.45) is 0 Å². The van der Waals surface area contributed by atoms with Gasteiger partial charge in [0.15, 0.2) is 34.5 Å². The number of rotatable bonds is 12. The van der Waals surface area contributed by atoms with Gasteiger partial charge in [-0.3, -0.25) is 5.32 Å². The summed E-state index contributed by atoms with van der Waals surface area (Å²) in [5.41, 5.74) is 7.28. The Hall–Kier alpha value is -4.31. The van der Waals surface area contributed by atoms with Gasteiger partial charge in [0.2, 0.25) is 0 Å². The summed E-state index contributed by atoms with van der Waals surface area (Å²) in [5.74, 6) is 2.12. The van der Waals surface area contributed by atoms with E-state index in [4.69, 9.17) is 22.0 Å². The molecule has 4 aromatic rings. The van der Waals surface area contributed by atoms with E-state index in [2.05, 4.69) is 24.4 Å². The molecular formula is C35H33IN2O7. The van der Waals surface area contributed by atoms with E-state index in [9.17, 15) is 15.2 Å². The summed E-state index contributed by atoms with van der Waals surface area (Å²) in [6, 6.07) is 24.4. The van der Waals surface area contributed by atoms with Crippen molar-refractivity contribution >= 4 is 29.0 Å². The molecule has 0 radical (unpaired) electrons. The average Bonchev–Trinajstić information content (AvgIpc) is 3.07. The van der Waals surface area contributed by atoms with Gasteiger partial charge in [-0.15, -0.1) is 0 Å². The molecule has 0 spiro atoms. The van der Waals surface area contributed by atoms with Crippen LogP contribution >= 0.6 is 23.0 Å². The van der Waals surface area contributed by atoms with Gasteiger partial charge in [0.05, 0.1) is 18.2 Å². The van der Waals surface area contributed by atoms with Crippen molar-refractivity contribution in [1.29, 1.82) is 5.26 Å². The number of hydrogen-bond acceptors (Lipinski definition) is 9. The Kier molecular flexibility index (Phi) is 10.8. The maximum Gasteiger partial charge on any atom is 0.334 e. The molecule has 1 atom stereocenters. The molecule has 1 aliphatic heterocycles. The first-order chi connectivity index (χ1) is 21.9. The van der Waals surface area contributed by atoms with Crippen LogP contribution in [0.5, 0.6) is 23.0 Å². The van der Waals surface area contributed by atoms with E-state index >= 15 is 0 Å². The summed E-state index contributed by atoms with van der Waals surface area (Å²) in [4.78, 5) is 12.0. The molecule has 45 heavy (non-hydrogen) atoms. The second-order valence-electron chi connectivity index (χ2n) is 10.6. The van der Waals surface area contributed by atoms with E-state index in [1.165, 1.54) is 23.0 Å². The quantitative estimate of drug-likeness (QED) is 0.167. The largest absolute Gasteiger partial charge is 0.488 e. The molecule has 0 fully saturated rings. The van der Waals surface area contributed by atoms with Crippen LogP contribution in [-0.4, -0.2) is 36.9 Å². The summed E-state index contributed by atoms with van der Waals surface area (Å²) >= 11 is 1.50. The van der Waals surface area contributed by atoms with Crippen LogP contribution in [0.1, 0.15) is 33.4 Å². The smallest absolute Gasteiger partial charge is 0.334 e. The first-order valence-corrected chi connectivity index (χ1v) is 15.3. The van der Waals surface area contributed by atoms with Crippen molar-refractivity contribution in [1.82, 2.24) is 5.32 Å². The van der Waals surface area contributed by atoms with E-state index < -0.39 is 18.6 Å². The number of carbonyl (C=O) groups excluding carboxylic acids is 1. The zero-order valence-electron chi connectivity index (χ0n) is 25.0. The number of aryl methyl sites for hydroxylation is 1. The third-order valence-electron chi connectivity index (χ3n) is 7.57. The lowest BCUT2D eigenvalue weighted by Gasteiger charge is -2.20. The van der Waals surface area contributed by atoms with E-state index in [-0.39, 0.29) is 13.2 Å². The summed E-state index contributed by atoms with van der Waals surface area (Å²) in [6.07, 6.45) is 0. The fourth-order valence-corrected chi connectivity index (χ4v) is 5.38. The number of benzene rings is 4. The van der Waals surface area contributed by atoms with Gasteiger partial charge in [0.25, 0.3) is 0 Å². The lowest BCUT2D eigenvalue weighted by Crippen LogP contribution is -2.39. The molecule has 0 saturated heterocycles. The molecule has 0 bridgehead atoms. The van der Waals surface area contributed by atoms with Crippen LogP contribution in [0.3, 0.4) is 0 Å². The molecule has 9 nitrogen and oxygen atoms in total. The van der Waals surface area contributed by atoms with Gasteiger partial charge in [0.1, 0.15) is 44.0 Å². The van der Waals surface area contributed by atoms with E-state index in [1.807, 2.05) is 61.5 Å². The number of fused-ring (bicyclic) bond motifs is 1. The van der Waals surface area contributed by atoms with Crippen LogP contribution < -0.4 is 24.3 Å². The highest BCUT2D eigenvalue weighted by molar-refractivity contribution is 14.1. The summed E-state index contributed by atoms with van der Waals surface area (Å²) in [6.45, 7) is 5.48. The zero-order chi connectivity index (χ0) is 31.8. The Morgan fingerprint density at radius 1 is 0.956 bits per heavy atom. The van der Waals surface area contributed by atoms with Crippen LogP contribution in [0.25, 0.3) is 11.1 Å². The third-order valence-corrected chi connectivity index (χ3v) is 8.01. The summed E-state index contributed by atoms with van der Waals surface area (Å²) in [5, 5.41) is 22.0. The SMILES string of the molecule is Cc1cc(CN[C@H](CO)C(=O)OI)c(OCc2cccc(C#N)c2)cc1OCc1cccc(-c2ccc3c(c2)OCCO3)c1C. The summed E-state index contributed by atoms with van der Waals surface area (Å²) in [7, 11) is 0. The Morgan fingerprint density at radius 3 is 2.51 bits per heavy atom. The average molecular weight is 721 g/mol. The van der Waals surface area contributed by atoms with Crippen LogP contribution in [0.2, 0.25) is 0 Å². The molecule has 2 N–H and O–H groups in total. The van der Waals surface area contributed by atoms with Crippen molar-refractivity contribution in [2.75, 3.05) is 19.8 Å². The lowest BCUT2D eigenvalue weighted by molar-refractivity contribution is -0.134. The molecule has 4 aromatic carbocycles. The van der Waals surface area contributed by atoms with Gasteiger partial charge in [0, 0.05) is 18.2 Å². The summed E-state index contributed by atoms with van der Waals surface area (Å²) < 4.78 is 28.8. The molecule has 232 valence electrons. The minimum Gasteiger partial charge on any atom is -0.488 e. The number of nitrogens with zero attached hydrogens (tertiary/aromatic N) is 1. The van der Waals surface area contributed by atoms with Crippen molar-refractivity contribution in [3.05, 3.63) is 106 Å². The third kappa shape index (κ3) is 7.86. The van der Waals surface area contributed by atoms with Gasteiger partial charge in [-0.05, 0) is 77.6 Å². The predicted molar refractivity (Wildman–Crippen MR) is 176 cm³/mol. The molecular weight excluding hydrogens is 687 g/mol. The lowest BCUT2D eigenvalue weighted by atomic mass is 9.96. The molecule has 0 aromatic heterocycles. The molecule has 1 heterocycles. The molecule has 5 rings (SSSR count). The number of ether oxygens (including phenoxy) is 4. The number of nitriles is 1. The zero-order valence-corrected chi connectivity index (χ0v) is 27.1. The molecule has 0 unspecified atom stereocenters. The fraction of sp³-hybridized carbons (Fsp3) is 0.257. The number of aliphatic hydroxyl groups excluding tert-OH is 1. The van der Waals surface area contributed by atoms with E-state index in [1.54, 1.807) is 12.1 Å². The van der Waals surface area contributed by atoms with Gasteiger partial charge < -0.3 is 27.1 Å². The minimum atomic E-state index is -0.886. The minimum absolute atomic E-state index is 0.223. The number of halogens is 1. The van der Waals surface area contributed by atoms with Crippen LogP contribution in [0.4, 0.5) is 0 Å². The fourth-order valence-electron chi connectivity index (χ4n) is 5.08. The van der Waals surface area contributed by atoms with Crippen molar-refractivity contribution in [2.45, 2.75) is 39.6 Å². The Labute approximate surface area is 276 Å². The van der Waals surface area contributed by atoms with Gasteiger partial charge >= 0.3 is 5.97 Å². The molecule has 10 heteroatoms. The maximum atomic E-state index is 12.0. The molecule has 0 amide bonds. The number of carbonyl (C=O) groups is 1. The van der Waals surface area contributed by atoms with Crippen molar-refractivity contribution < 1.29 is 31.9 Å². The second kappa shape index (κ2) is 15.1. The molecule has 1 aliphatic rings. The predicted octanol–water partition coefficient (Wildman–Crippen LogP) is 6.12.